The van der Waals surface area contributed by atoms with Gasteiger partial charge >= 0.3 is 5.97 Å². The lowest BCUT2D eigenvalue weighted by molar-refractivity contribution is -0.140. The van der Waals surface area contributed by atoms with Crippen LogP contribution < -0.4 is 15.0 Å². The number of hydrogen-bond donors (Lipinski definition) is 2. The summed E-state index contributed by atoms with van der Waals surface area (Å²) < 4.78 is 10.5. The first-order valence-electron chi connectivity index (χ1n) is 8.38. The molecule has 0 bridgehead atoms. The van der Waals surface area contributed by atoms with Gasteiger partial charge in [0.15, 0.2) is 6.61 Å². The van der Waals surface area contributed by atoms with Gasteiger partial charge in [-0.15, -0.1) is 0 Å². The molecule has 0 aromatic heterocycles. The third-order valence-corrected chi connectivity index (χ3v) is 4.02. The largest absolute Gasteiger partial charge is 0.484 e. The third kappa shape index (κ3) is 5.45. The average Bonchev–Trinajstić information content (AvgIpc) is 2.98. The summed E-state index contributed by atoms with van der Waals surface area (Å²) in [6.45, 7) is 2.07. The standard InChI is InChI=1S/C18H24N2O6/c1-18(12-25-2,10-17(23)24)19-15(21)11-26-14-6-3-5-13(9-14)20-8-4-7-16(20)22/h3,5-6,9H,4,7-8,10-12H2,1-2H3,(H,19,21)(H,23,24). The molecule has 0 radical (unpaired) electrons. The molecule has 2 rings (SSSR count). The smallest absolute Gasteiger partial charge is 0.305 e. The maximum Gasteiger partial charge on any atom is 0.305 e. The van der Waals surface area contributed by atoms with Gasteiger partial charge in [-0.3, -0.25) is 14.4 Å². The van der Waals surface area contributed by atoms with Gasteiger partial charge in [-0.2, -0.15) is 0 Å². The van der Waals surface area contributed by atoms with E-state index in [1.54, 1.807) is 30.0 Å². The Morgan fingerprint density at radius 3 is 2.77 bits per heavy atom. The lowest BCUT2D eigenvalue weighted by atomic mass is 9.99. The van der Waals surface area contributed by atoms with E-state index in [1.165, 1.54) is 7.11 Å². The van der Waals surface area contributed by atoms with E-state index in [-0.39, 0.29) is 25.5 Å². The Morgan fingerprint density at radius 1 is 1.38 bits per heavy atom. The van der Waals surface area contributed by atoms with Gasteiger partial charge in [0, 0.05) is 31.8 Å². The van der Waals surface area contributed by atoms with Crippen molar-refractivity contribution in [3.63, 3.8) is 0 Å². The summed E-state index contributed by atoms with van der Waals surface area (Å²) >= 11 is 0. The predicted molar refractivity (Wildman–Crippen MR) is 94.2 cm³/mol. The molecule has 2 amide bonds. The summed E-state index contributed by atoms with van der Waals surface area (Å²) in [7, 11) is 1.44. The maximum absolute atomic E-state index is 12.1. The van der Waals surface area contributed by atoms with Crippen molar-refractivity contribution in [3.05, 3.63) is 24.3 Å². The normalized spacial score (nSPS) is 16.2. The van der Waals surface area contributed by atoms with Gasteiger partial charge in [0.05, 0.1) is 18.6 Å². The molecule has 1 aliphatic heterocycles. The molecule has 2 N–H and O–H groups in total. The first kappa shape index (κ1) is 19.7. The fraction of sp³-hybridized carbons (Fsp3) is 0.500. The summed E-state index contributed by atoms with van der Waals surface area (Å²) in [6.07, 6.45) is 1.10. The lowest BCUT2D eigenvalue weighted by Gasteiger charge is -2.28. The minimum absolute atomic E-state index is 0.0671. The van der Waals surface area contributed by atoms with Crippen LogP contribution in [0.1, 0.15) is 26.2 Å². The van der Waals surface area contributed by atoms with Crippen molar-refractivity contribution in [1.82, 2.24) is 5.32 Å². The number of nitrogens with one attached hydrogen (secondary N) is 1. The van der Waals surface area contributed by atoms with Crippen LogP contribution >= 0.6 is 0 Å². The highest BCUT2D eigenvalue weighted by Crippen LogP contribution is 2.25. The molecule has 8 heteroatoms. The number of nitrogens with zero attached hydrogens (tertiary/aromatic N) is 1. The third-order valence-electron chi connectivity index (χ3n) is 4.02. The SMILES string of the molecule is COCC(C)(CC(=O)O)NC(=O)COc1cccc(N2CCCC2=O)c1. The summed E-state index contributed by atoms with van der Waals surface area (Å²) in [5.41, 5.74) is -0.286. The number of anilines is 1. The van der Waals surface area contributed by atoms with E-state index in [2.05, 4.69) is 5.32 Å². The highest BCUT2D eigenvalue weighted by atomic mass is 16.5. The molecule has 0 spiro atoms. The lowest BCUT2D eigenvalue weighted by Crippen LogP contribution is -2.52. The van der Waals surface area contributed by atoms with Gasteiger partial charge in [-0.1, -0.05) is 6.07 Å². The van der Waals surface area contributed by atoms with E-state index in [9.17, 15) is 14.4 Å². The Bertz CT molecular complexity index is 677. The predicted octanol–water partition coefficient (Wildman–Crippen LogP) is 1.19. The van der Waals surface area contributed by atoms with Crippen LogP contribution in [0.25, 0.3) is 0 Å². The number of carbonyl (C=O) groups excluding carboxylic acids is 2. The van der Waals surface area contributed by atoms with E-state index in [0.717, 1.165) is 12.1 Å². The van der Waals surface area contributed by atoms with Crippen LogP contribution in [0.5, 0.6) is 5.75 Å². The molecule has 26 heavy (non-hydrogen) atoms. The summed E-state index contributed by atoms with van der Waals surface area (Å²) in [5.74, 6) is -0.949. The van der Waals surface area contributed by atoms with Crippen molar-refractivity contribution in [2.24, 2.45) is 0 Å². The van der Waals surface area contributed by atoms with Crippen molar-refractivity contribution < 1.29 is 29.0 Å². The zero-order chi connectivity index (χ0) is 19.2. The van der Waals surface area contributed by atoms with Crippen molar-refractivity contribution >= 4 is 23.5 Å². The molecule has 1 saturated heterocycles. The van der Waals surface area contributed by atoms with Gasteiger partial charge in [0.2, 0.25) is 5.91 Å². The number of aliphatic carboxylic acids is 1. The second-order valence-corrected chi connectivity index (χ2v) is 6.55. The number of carbonyl (C=O) groups is 3. The first-order chi connectivity index (χ1) is 12.3. The number of methoxy groups -OCH3 is 1. The van der Waals surface area contributed by atoms with Crippen LogP contribution in [-0.2, 0) is 19.1 Å². The van der Waals surface area contributed by atoms with Crippen molar-refractivity contribution in [2.45, 2.75) is 31.7 Å². The van der Waals surface area contributed by atoms with Gasteiger partial charge < -0.3 is 24.8 Å². The van der Waals surface area contributed by atoms with E-state index >= 15 is 0 Å². The molecule has 1 heterocycles. The number of carboxylic acids is 1. The number of hydrogen-bond acceptors (Lipinski definition) is 5. The molecule has 1 aliphatic rings. The summed E-state index contributed by atoms with van der Waals surface area (Å²) in [4.78, 5) is 36.6. The van der Waals surface area contributed by atoms with Crippen LogP contribution in [0.15, 0.2) is 24.3 Å². The highest BCUT2D eigenvalue weighted by molar-refractivity contribution is 5.95. The molecule has 1 aromatic rings. The Hall–Kier alpha value is -2.61. The zero-order valence-corrected chi connectivity index (χ0v) is 15.0. The van der Waals surface area contributed by atoms with Crippen LogP contribution in [0.4, 0.5) is 5.69 Å². The monoisotopic (exact) mass is 364 g/mol. The number of benzene rings is 1. The van der Waals surface area contributed by atoms with Gasteiger partial charge in [-0.05, 0) is 25.5 Å². The number of rotatable bonds is 9. The minimum atomic E-state index is -1.03. The highest BCUT2D eigenvalue weighted by Gasteiger charge is 2.29. The summed E-state index contributed by atoms with van der Waals surface area (Å²) in [5, 5.41) is 11.6. The Labute approximate surface area is 152 Å². The fourth-order valence-electron chi connectivity index (χ4n) is 2.97. The quantitative estimate of drug-likeness (QED) is 0.682. The topological polar surface area (TPSA) is 105 Å². The number of carboxylic acid groups (broad SMARTS) is 1. The summed E-state index contributed by atoms with van der Waals surface area (Å²) in [6, 6.07) is 6.98. The van der Waals surface area contributed by atoms with E-state index in [0.29, 0.717) is 18.7 Å². The molecule has 0 aliphatic carbocycles. The zero-order valence-electron chi connectivity index (χ0n) is 15.0. The second-order valence-electron chi connectivity index (χ2n) is 6.55. The molecule has 1 atom stereocenters. The number of ether oxygens (including phenoxy) is 2. The molecule has 142 valence electrons. The van der Waals surface area contributed by atoms with Crippen molar-refractivity contribution in [1.29, 1.82) is 0 Å². The van der Waals surface area contributed by atoms with Crippen LogP contribution in [0.2, 0.25) is 0 Å². The fourth-order valence-corrected chi connectivity index (χ4v) is 2.97. The molecule has 0 saturated carbocycles. The Balaban J connectivity index is 1.94. The van der Waals surface area contributed by atoms with Gasteiger partial charge in [0.1, 0.15) is 5.75 Å². The molecule has 1 aromatic carbocycles. The van der Waals surface area contributed by atoms with E-state index in [1.807, 2.05) is 6.07 Å². The Morgan fingerprint density at radius 2 is 2.15 bits per heavy atom. The molecule has 1 unspecified atom stereocenters. The molecule has 1 fully saturated rings. The van der Waals surface area contributed by atoms with E-state index < -0.39 is 17.4 Å². The van der Waals surface area contributed by atoms with Crippen LogP contribution in [0.3, 0.4) is 0 Å². The first-order valence-corrected chi connectivity index (χ1v) is 8.38. The molecule has 8 nitrogen and oxygen atoms in total. The second kappa shape index (κ2) is 8.66. The van der Waals surface area contributed by atoms with Crippen molar-refractivity contribution in [2.75, 3.05) is 31.8 Å². The maximum atomic E-state index is 12.1. The molecular weight excluding hydrogens is 340 g/mol. The van der Waals surface area contributed by atoms with Gasteiger partial charge in [-0.25, -0.2) is 0 Å². The average molecular weight is 364 g/mol. The van der Waals surface area contributed by atoms with Crippen molar-refractivity contribution in [3.8, 4) is 5.75 Å². The van der Waals surface area contributed by atoms with Crippen LogP contribution in [0, 0.1) is 0 Å². The van der Waals surface area contributed by atoms with Crippen LogP contribution in [-0.4, -0.2) is 55.3 Å². The van der Waals surface area contributed by atoms with E-state index in [4.69, 9.17) is 14.6 Å². The molecular formula is C18H24N2O6. The number of amides is 2. The Kier molecular flexibility index (Phi) is 6.57. The minimum Gasteiger partial charge on any atom is -0.484 e. The van der Waals surface area contributed by atoms with Gasteiger partial charge in [0.25, 0.3) is 5.91 Å².